The van der Waals surface area contributed by atoms with Crippen LogP contribution in [0, 0.1) is 19.8 Å². The normalized spacial score (nSPS) is 24.4. The van der Waals surface area contributed by atoms with Gasteiger partial charge in [-0.3, -0.25) is 0 Å². The molecule has 1 aliphatic heterocycles. The molecule has 0 aliphatic carbocycles. The first-order valence-electron chi connectivity index (χ1n) is 7.36. The monoisotopic (exact) mass is 265 g/mol. The van der Waals surface area contributed by atoms with Crippen molar-refractivity contribution in [1.29, 1.82) is 0 Å². The average molecular weight is 265 g/mol. The van der Waals surface area contributed by atoms with Gasteiger partial charge in [0.15, 0.2) is 0 Å². The van der Waals surface area contributed by atoms with Crippen molar-refractivity contribution in [2.45, 2.75) is 52.6 Å². The van der Waals surface area contributed by atoms with Crippen LogP contribution in [0.5, 0.6) is 0 Å². The highest BCUT2D eigenvalue weighted by Crippen LogP contribution is 2.24. The van der Waals surface area contributed by atoms with E-state index in [2.05, 4.69) is 36.3 Å². The predicted molar refractivity (Wildman–Crippen MR) is 77.2 cm³/mol. The number of likely N-dealkylation sites (tertiary alicyclic amines) is 1. The van der Waals surface area contributed by atoms with Crippen LogP contribution in [-0.4, -0.2) is 36.2 Å². The molecule has 1 N–H and O–H groups in total. The van der Waals surface area contributed by atoms with Gasteiger partial charge in [0.2, 0.25) is 0 Å². The molecule has 0 amide bonds. The predicted octanol–water partition coefficient (Wildman–Crippen LogP) is 2.67. The summed E-state index contributed by atoms with van der Waals surface area (Å²) in [5, 5.41) is 7.77. The zero-order chi connectivity index (χ0) is 14.0. The second-order valence-electron chi connectivity index (χ2n) is 6.08. The third kappa shape index (κ3) is 3.37. The van der Waals surface area contributed by atoms with E-state index >= 15 is 0 Å². The van der Waals surface area contributed by atoms with Gasteiger partial charge in [-0.05, 0) is 60.0 Å². The summed E-state index contributed by atoms with van der Waals surface area (Å²) in [5.41, 5.74) is 2.22. The van der Waals surface area contributed by atoms with Crippen LogP contribution in [0.25, 0.3) is 0 Å². The first kappa shape index (κ1) is 14.5. The number of nitrogens with zero attached hydrogens (tertiary/aromatic N) is 2. The molecule has 3 atom stereocenters. The minimum atomic E-state index is 0.300. The lowest BCUT2D eigenvalue weighted by Gasteiger charge is -2.35. The molecule has 0 spiro atoms. The lowest BCUT2D eigenvalue weighted by molar-refractivity contribution is 0.174. The smallest absolute Gasteiger partial charge is 0.138 e. The summed E-state index contributed by atoms with van der Waals surface area (Å²) < 4.78 is 5.26. The van der Waals surface area contributed by atoms with Crippen molar-refractivity contribution < 1.29 is 4.52 Å². The van der Waals surface area contributed by atoms with Crippen LogP contribution in [-0.2, 0) is 0 Å². The molecule has 1 fully saturated rings. The van der Waals surface area contributed by atoms with E-state index in [1.165, 1.54) is 31.5 Å². The van der Waals surface area contributed by atoms with E-state index in [-0.39, 0.29) is 0 Å². The molecule has 0 aromatic carbocycles. The maximum Gasteiger partial charge on any atom is 0.138 e. The van der Waals surface area contributed by atoms with E-state index in [0.29, 0.717) is 12.1 Å². The van der Waals surface area contributed by atoms with Crippen LogP contribution in [0.15, 0.2) is 4.52 Å². The Bertz CT molecular complexity index is 396. The highest BCUT2D eigenvalue weighted by Gasteiger charge is 2.25. The Morgan fingerprint density at radius 3 is 2.68 bits per heavy atom. The summed E-state index contributed by atoms with van der Waals surface area (Å²) in [6.07, 6.45) is 2.64. The topological polar surface area (TPSA) is 41.3 Å². The molecule has 19 heavy (non-hydrogen) atoms. The maximum absolute atomic E-state index is 5.26. The van der Waals surface area contributed by atoms with Gasteiger partial charge < -0.3 is 14.7 Å². The van der Waals surface area contributed by atoms with Crippen molar-refractivity contribution in [3.05, 3.63) is 17.0 Å². The first-order chi connectivity index (χ1) is 8.99. The molecule has 3 unspecified atom stereocenters. The molecule has 1 saturated heterocycles. The van der Waals surface area contributed by atoms with Gasteiger partial charge in [-0.2, -0.15) is 0 Å². The van der Waals surface area contributed by atoms with Crippen LogP contribution < -0.4 is 5.32 Å². The molecular weight excluding hydrogens is 238 g/mol. The molecule has 2 rings (SSSR count). The quantitative estimate of drug-likeness (QED) is 0.909. The van der Waals surface area contributed by atoms with Crippen LogP contribution in [0.4, 0.5) is 0 Å². The SMILES string of the molecule is Cc1noc(C)c1C(C)NC(C)C1CCCN(C)C1. The third-order valence-electron chi connectivity index (χ3n) is 4.40. The number of hydrogen-bond acceptors (Lipinski definition) is 4. The Kier molecular flexibility index (Phi) is 4.63. The van der Waals surface area contributed by atoms with Crippen molar-refractivity contribution in [2.75, 3.05) is 20.1 Å². The molecule has 108 valence electrons. The van der Waals surface area contributed by atoms with Gasteiger partial charge in [-0.25, -0.2) is 0 Å². The van der Waals surface area contributed by atoms with Crippen molar-refractivity contribution in [3.8, 4) is 0 Å². The molecule has 1 aromatic rings. The number of aryl methyl sites for hydroxylation is 2. The van der Waals surface area contributed by atoms with Gasteiger partial charge >= 0.3 is 0 Å². The third-order valence-corrected chi connectivity index (χ3v) is 4.40. The van der Waals surface area contributed by atoms with Crippen molar-refractivity contribution in [1.82, 2.24) is 15.4 Å². The van der Waals surface area contributed by atoms with Crippen molar-refractivity contribution in [3.63, 3.8) is 0 Å². The zero-order valence-corrected chi connectivity index (χ0v) is 12.9. The van der Waals surface area contributed by atoms with Crippen LogP contribution in [0.3, 0.4) is 0 Å². The van der Waals surface area contributed by atoms with E-state index in [9.17, 15) is 0 Å². The fourth-order valence-electron chi connectivity index (χ4n) is 3.34. The van der Waals surface area contributed by atoms with Crippen molar-refractivity contribution in [2.24, 2.45) is 5.92 Å². The summed E-state index contributed by atoms with van der Waals surface area (Å²) in [4.78, 5) is 2.44. The average Bonchev–Trinajstić information content (AvgIpc) is 2.69. The largest absolute Gasteiger partial charge is 0.361 e. The van der Waals surface area contributed by atoms with Gasteiger partial charge in [-0.15, -0.1) is 0 Å². The highest BCUT2D eigenvalue weighted by molar-refractivity contribution is 5.24. The molecule has 1 aliphatic rings. The van der Waals surface area contributed by atoms with Crippen LogP contribution >= 0.6 is 0 Å². The minimum absolute atomic E-state index is 0.300. The number of aromatic nitrogens is 1. The van der Waals surface area contributed by atoms with Crippen molar-refractivity contribution >= 4 is 0 Å². The molecule has 2 heterocycles. The Morgan fingerprint density at radius 1 is 1.37 bits per heavy atom. The number of piperidine rings is 1. The fraction of sp³-hybridized carbons (Fsp3) is 0.800. The van der Waals surface area contributed by atoms with Gasteiger partial charge in [0, 0.05) is 24.2 Å². The van der Waals surface area contributed by atoms with Gasteiger partial charge in [-0.1, -0.05) is 5.16 Å². The summed E-state index contributed by atoms with van der Waals surface area (Å²) in [5.74, 6) is 1.67. The summed E-state index contributed by atoms with van der Waals surface area (Å²) in [6, 6.07) is 0.819. The first-order valence-corrected chi connectivity index (χ1v) is 7.36. The summed E-state index contributed by atoms with van der Waals surface area (Å²) >= 11 is 0. The maximum atomic E-state index is 5.26. The molecular formula is C15H27N3O. The zero-order valence-electron chi connectivity index (χ0n) is 12.9. The van der Waals surface area contributed by atoms with Crippen LogP contribution in [0.2, 0.25) is 0 Å². The molecule has 4 nitrogen and oxygen atoms in total. The Labute approximate surface area is 116 Å². The summed E-state index contributed by atoms with van der Waals surface area (Å²) in [6.45, 7) is 11.0. The molecule has 0 bridgehead atoms. The number of rotatable bonds is 4. The lowest BCUT2D eigenvalue weighted by Crippen LogP contribution is -2.43. The van der Waals surface area contributed by atoms with E-state index < -0.39 is 0 Å². The molecule has 0 saturated carbocycles. The Balaban J connectivity index is 1.96. The lowest BCUT2D eigenvalue weighted by atomic mass is 9.91. The second kappa shape index (κ2) is 6.06. The molecule has 1 aromatic heterocycles. The molecule has 0 radical (unpaired) electrons. The van der Waals surface area contributed by atoms with Gasteiger partial charge in [0.1, 0.15) is 5.76 Å². The van der Waals surface area contributed by atoms with E-state index in [1.54, 1.807) is 0 Å². The van der Waals surface area contributed by atoms with E-state index in [0.717, 1.165) is 17.4 Å². The Hall–Kier alpha value is -0.870. The summed E-state index contributed by atoms with van der Waals surface area (Å²) in [7, 11) is 2.22. The number of nitrogens with one attached hydrogen (secondary N) is 1. The Morgan fingerprint density at radius 2 is 2.11 bits per heavy atom. The van der Waals surface area contributed by atoms with Gasteiger partial charge in [0.05, 0.1) is 5.69 Å². The minimum Gasteiger partial charge on any atom is -0.361 e. The van der Waals surface area contributed by atoms with Gasteiger partial charge in [0.25, 0.3) is 0 Å². The molecule has 4 heteroatoms. The van der Waals surface area contributed by atoms with Crippen LogP contribution in [0.1, 0.15) is 49.7 Å². The standard InChI is InChI=1S/C15H27N3O/c1-10(14-7-6-8-18(5)9-14)16-11(2)15-12(3)17-19-13(15)4/h10-11,14,16H,6-9H2,1-5H3. The fourth-order valence-corrected chi connectivity index (χ4v) is 3.34. The second-order valence-corrected chi connectivity index (χ2v) is 6.08. The van der Waals surface area contributed by atoms with E-state index in [1.807, 2.05) is 13.8 Å². The van der Waals surface area contributed by atoms with E-state index in [4.69, 9.17) is 4.52 Å². The highest BCUT2D eigenvalue weighted by atomic mass is 16.5. The number of hydrogen-bond donors (Lipinski definition) is 1.